The Balaban J connectivity index is 1.92. The molecule has 4 nitrogen and oxygen atoms in total. The fourth-order valence-electron chi connectivity index (χ4n) is 3.82. The summed E-state index contributed by atoms with van der Waals surface area (Å²) >= 11 is 12.3. The van der Waals surface area contributed by atoms with Crippen LogP contribution >= 0.6 is 23.2 Å². The first-order valence-electron chi connectivity index (χ1n) is 10.9. The molecule has 0 saturated carbocycles. The monoisotopic (exact) mass is 574 g/mol. The van der Waals surface area contributed by atoms with E-state index < -0.39 is 34.4 Å². The highest BCUT2D eigenvalue weighted by Crippen LogP contribution is 2.47. The Morgan fingerprint density at radius 1 is 0.921 bits per heavy atom. The summed E-state index contributed by atoms with van der Waals surface area (Å²) in [5, 5.41) is 13.9. The molecule has 38 heavy (non-hydrogen) atoms. The van der Waals surface area contributed by atoms with Gasteiger partial charge in [-0.2, -0.15) is 31.4 Å². The number of hydrogen-bond acceptors (Lipinski definition) is 3. The molecule has 0 amide bonds. The molecule has 0 spiro atoms. The fourth-order valence-corrected chi connectivity index (χ4v) is 4.35. The van der Waals surface area contributed by atoms with Gasteiger partial charge >= 0.3 is 12.4 Å². The van der Waals surface area contributed by atoms with Crippen LogP contribution in [0.3, 0.4) is 0 Å². The summed E-state index contributed by atoms with van der Waals surface area (Å²) in [6.45, 7) is 1.68. The first kappa shape index (κ1) is 27.7. The van der Waals surface area contributed by atoms with Gasteiger partial charge in [-0.05, 0) is 48.9 Å². The maximum absolute atomic E-state index is 13.6. The molecule has 4 rings (SSSR count). The Morgan fingerprint density at radius 2 is 1.58 bits per heavy atom. The van der Waals surface area contributed by atoms with Crippen LogP contribution in [0.1, 0.15) is 22.4 Å². The number of phenolic OH excluding ortho intramolecular Hbond substituents is 1. The summed E-state index contributed by atoms with van der Waals surface area (Å²) in [6.07, 6.45) is -9.58. The number of aromatic nitrogens is 2. The molecule has 0 fully saturated rings. The lowest BCUT2D eigenvalue weighted by molar-refractivity contribution is -0.141. The van der Waals surface area contributed by atoms with Crippen LogP contribution in [-0.2, 0) is 26.0 Å². The van der Waals surface area contributed by atoms with Crippen molar-refractivity contribution >= 4 is 23.2 Å². The maximum Gasteiger partial charge on any atom is 0.435 e. The smallest absolute Gasteiger partial charge is 0.435 e. The number of alkyl halides is 6. The van der Waals surface area contributed by atoms with Crippen molar-refractivity contribution in [2.24, 2.45) is 7.05 Å². The lowest BCUT2D eigenvalue weighted by Crippen LogP contribution is -2.06. The standard InChI is InChI=1S/C26H18Cl2F6N2O2/c1-13-3-6-16(7-4-13)38-12-15-9-17(20-11-21(26(32,33)34)35-36(20)2)24(37)22(23(15)28)14-5-8-19(27)18(10-14)25(29,30)31/h3-11,37H,12H2,1-2H3. The summed E-state index contributed by atoms with van der Waals surface area (Å²) in [4.78, 5) is 0. The zero-order valence-electron chi connectivity index (χ0n) is 19.7. The topological polar surface area (TPSA) is 47.3 Å². The second-order valence-electron chi connectivity index (χ2n) is 8.45. The van der Waals surface area contributed by atoms with Crippen LogP contribution in [0.5, 0.6) is 11.5 Å². The van der Waals surface area contributed by atoms with Gasteiger partial charge in [0.2, 0.25) is 0 Å². The van der Waals surface area contributed by atoms with Crippen LogP contribution < -0.4 is 4.74 Å². The van der Waals surface area contributed by atoms with Gasteiger partial charge in [0.15, 0.2) is 5.69 Å². The normalized spacial score (nSPS) is 12.2. The average Bonchev–Trinajstić information content (AvgIpc) is 3.22. The zero-order valence-corrected chi connectivity index (χ0v) is 21.2. The Hall–Kier alpha value is -3.37. The Bertz CT molecular complexity index is 1500. The summed E-state index contributed by atoms with van der Waals surface area (Å²) in [7, 11) is 1.24. The first-order chi connectivity index (χ1) is 17.7. The van der Waals surface area contributed by atoms with Crippen LogP contribution in [0.25, 0.3) is 22.4 Å². The number of aromatic hydroxyl groups is 1. The second-order valence-corrected chi connectivity index (χ2v) is 9.24. The van der Waals surface area contributed by atoms with Crippen molar-refractivity contribution in [1.82, 2.24) is 9.78 Å². The van der Waals surface area contributed by atoms with E-state index in [1.807, 2.05) is 6.92 Å². The van der Waals surface area contributed by atoms with Gasteiger partial charge in [-0.25, -0.2) is 0 Å². The molecule has 12 heteroatoms. The van der Waals surface area contributed by atoms with Crippen molar-refractivity contribution in [2.45, 2.75) is 25.9 Å². The van der Waals surface area contributed by atoms with Crippen molar-refractivity contribution in [1.29, 1.82) is 0 Å². The van der Waals surface area contributed by atoms with E-state index in [-0.39, 0.29) is 39.6 Å². The second kappa shape index (κ2) is 10.1. The molecule has 0 saturated heterocycles. The van der Waals surface area contributed by atoms with E-state index in [2.05, 4.69) is 5.10 Å². The number of rotatable bonds is 5. The van der Waals surface area contributed by atoms with E-state index in [1.54, 1.807) is 24.3 Å². The highest BCUT2D eigenvalue weighted by Gasteiger charge is 2.36. The van der Waals surface area contributed by atoms with Gasteiger partial charge in [-0.3, -0.25) is 4.68 Å². The summed E-state index contributed by atoms with van der Waals surface area (Å²) in [6, 6.07) is 11.9. The molecule has 0 aliphatic heterocycles. The number of aryl methyl sites for hydroxylation is 2. The molecule has 0 bridgehead atoms. The highest BCUT2D eigenvalue weighted by atomic mass is 35.5. The molecule has 0 aliphatic rings. The quantitative estimate of drug-likeness (QED) is 0.242. The van der Waals surface area contributed by atoms with Crippen molar-refractivity contribution in [3.8, 4) is 33.9 Å². The van der Waals surface area contributed by atoms with Gasteiger partial charge in [0.25, 0.3) is 0 Å². The number of nitrogens with zero attached hydrogens (tertiary/aromatic N) is 2. The minimum absolute atomic E-state index is 0.138. The van der Waals surface area contributed by atoms with E-state index in [0.717, 1.165) is 22.4 Å². The SMILES string of the molecule is Cc1ccc(OCc2cc(-c3cc(C(F)(F)F)nn3C)c(O)c(-c3ccc(Cl)c(C(F)(F)F)c3)c2Cl)cc1. The average molecular weight is 575 g/mol. The molecule has 4 aromatic rings. The molecule has 0 aliphatic carbocycles. The molecule has 0 atom stereocenters. The first-order valence-corrected chi connectivity index (χ1v) is 11.6. The predicted molar refractivity (Wildman–Crippen MR) is 131 cm³/mol. The van der Waals surface area contributed by atoms with E-state index in [0.29, 0.717) is 11.8 Å². The highest BCUT2D eigenvalue weighted by molar-refractivity contribution is 6.35. The van der Waals surface area contributed by atoms with Gasteiger partial charge < -0.3 is 9.84 Å². The van der Waals surface area contributed by atoms with Crippen molar-refractivity contribution in [3.63, 3.8) is 0 Å². The van der Waals surface area contributed by atoms with Crippen LogP contribution in [0.4, 0.5) is 26.3 Å². The third-order valence-electron chi connectivity index (χ3n) is 5.73. The minimum atomic E-state index is -4.81. The van der Waals surface area contributed by atoms with Crippen molar-refractivity contribution in [3.05, 3.63) is 87.0 Å². The van der Waals surface area contributed by atoms with Gasteiger partial charge in [-0.15, -0.1) is 0 Å². The molecule has 1 heterocycles. The number of halogens is 8. The van der Waals surface area contributed by atoms with E-state index in [9.17, 15) is 31.4 Å². The Labute approximate surface area is 223 Å². The van der Waals surface area contributed by atoms with Gasteiger partial charge in [0.05, 0.1) is 21.3 Å². The Kier molecular flexibility index (Phi) is 7.33. The fraction of sp³-hybridized carbons (Fsp3) is 0.192. The lowest BCUT2D eigenvalue weighted by Gasteiger charge is -2.18. The van der Waals surface area contributed by atoms with Crippen molar-refractivity contribution in [2.75, 3.05) is 0 Å². The lowest BCUT2D eigenvalue weighted by atomic mass is 9.95. The summed E-state index contributed by atoms with van der Waals surface area (Å²) in [5.74, 6) is -0.185. The van der Waals surface area contributed by atoms with Crippen LogP contribution in [0, 0.1) is 6.92 Å². The van der Waals surface area contributed by atoms with Crippen LogP contribution in [-0.4, -0.2) is 14.9 Å². The molecule has 0 radical (unpaired) electrons. The third kappa shape index (κ3) is 5.56. The van der Waals surface area contributed by atoms with Gasteiger partial charge in [-0.1, -0.05) is 47.0 Å². The molecule has 1 aromatic heterocycles. The van der Waals surface area contributed by atoms with E-state index in [1.165, 1.54) is 19.2 Å². The van der Waals surface area contributed by atoms with Gasteiger partial charge in [0, 0.05) is 23.7 Å². The maximum atomic E-state index is 13.6. The largest absolute Gasteiger partial charge is 0.507 e. The minimum Gasteiger partial charge on any atom is -0.507 e. The van der Waals surface area contributed by atoms with E-state index >= 15 is 0 Å². The molecular formula is C26H18Cl2F6N2O2. The van der Waals surface area contributed by atoms with Crippen LogP contribution in [0.2, 0.25) is 10.0 Å². The van der Waals surface area contributed by atoms with Crippen molar-refractivity contribution < 1.29 is 36.2 Å². The molecule has 1 N–H and O–H groups in total. The molecular weight excluding hydrogens is 557 g/mol. The Morgan fingerprint density at radius 3 is 2.16 bits per heavy atom. The molecule has 0 unspecified atom stereocenters. The van der Waals surface area contributed by atoms with Crippen LogP contribution in [0.15, 0.2) is 54.6 Å². The van der Waals surface area contributed by atoms with Gasteiger partial charge in [0.1, 0.15) is 18.1 Å². The third-order valence-corrected chi connectivity index (χ3v) is 6.50. The zero-order chi connectivity index (χ0) is 28.0. The molecule has 200 valence electrons. The van der Waals surface area contributed by atoms with E-state index in [4.69, 9.17) is 27.9 Å². The number of benzene rings is 3. The number of hydrogen-bond donors (Lipinski definition) is 1. The number of phenols is 1. The summed E-state index contributed by atoms with van der Waals surface area (Å²) in [5.41, 5.74) is -1.87. The predicted octanol–water partition coefficient (Wildman–Crippen LogP) is 8.69. The molecule has 3 aromatic carbocycles. The summed E-state index contributed by atoms with van der Waals surface area (Å²) < 4.78 is 87.3. The number of ether oxygens (including phenoxy) is 1.